The van der Waals surface area contributed by atoms with Gasteiger partial charge in [-0.25, -0.2) is 4.39 Å². The first-order chi connectivity index (χ1) is 14.4. The minimum absolute atomic E-state index is 0.0718. The van der Waals surface area contributed by atoms with Crippen molar-refractivity contribution in [3.8, 4) is 0 Å². The van der Waals surface area contributed by atoms with Gasteiger partial charge >= 0.3 is 0 Å². The fourth-order valence-corrected chi connectivity index (χ4v) is 5.29. The fraction of sp³-hybridized carbons (Fsp3) is 0.409. The molecule has 0 bridgehead atoms. The smallest absolute Gasteiger partial charge is 0.243 e. The Labute approximate surface area is 172 Å². The molecule has 5 rings (SSSR count). The molecule has 0 saturated carbocycles. The van der Waals surface area contributed by atoms with Crippen LogP contribution in [0.1, 0.15) is 31.4 Å². The Morgan fingerprint density at radius 1 is 1.33 bits per heavy atom. The van der Waals surface area contributed by atoms with Crippen LogP contribution in [0.4, 0.5) is 4.39 Å². The number of benzene rings is 1. The van der Waals surface area contributed by atoms with Crippen LogP contribution >= 0.6 is 0 Å². The van der Waals surface area contributed by atoms with E-state index in [9.17, 15) is 19.1 Å². The summed E-state index contributed by atoms with van der Waals surface area (Å²) in [6.45, 7) is 3.24. The van der Waals surface area contributed by atoms with Gasteiger partial charge in [-0.1, -0.05) is 17.3 Å². The van der Waals surface area contributed by atoms with Crippen molar-refractivity contribution in [2.75, 3.05) is 13.1 Å². The highest BCUT2D eigenvalue weighted by Crippen LogP contribution is 2.48. The van der Waals surface area contributed by atoms with E-state index in [0.717, 1.165) is 23.9 Å². The van der Waals surface area contributed by atoms with Crippen LogP contribution < -0.4 is 5.32 Å². The number of fused-ring (bicyclic) bond motifs is 2. The van der Waals surface area contributed by atoms with Gasteiger partial charge in [-0.2, -0.15) is 0 Å². The number of carbonyl (C=O) groups is 2. The molecule has 1 aliphatic carbocycles. The monoisotopic (exact) mass is 411 g/mol. The number of aliphatic hydroxyl groups excluding tert-OH is 1. The molecule has 0 radical (unpaired) electrons. The highest BCUT2D eigenvalue weighted by Gasteiger charge is 2.62. The summed E-state index contributed by atoms with van der Waals surface area (Å²) in [6, 6.07) is 4.07. The molecule has 2 aromatic rings. The van der Waals surface area contributed by atoms with E-state index in [-0.39, 0.29) is 29.4 Å². The summed E-state index contributed by atoms with van der Waals surface area (Å²) in [5.41, 5.74) is -0.0326. The van der Waals surface area contributed by atoms with Crippen LogP contribution in [0.2, 0.25) is 0 Å². The fourth-order valence-electron chi connectivity index (χ4n) is 5.29. The highest BCUT2D eigenvalue weighted by molar-refractivity contribution is 6.10. The van der Waals surface area contributed by atoms with Crippen molar-refractivity contribution in [2.45, 2.75) is 31.7 Å². The van der Waals surface area contributed by atoms with Gasteiger partial charge in [-0.05, 0) is 51.1 Å². The molecule has 3 atom stereocenters. The average molecular weight is 411 g/mol. The molecule has 30 heavy (non-hydrogen) atoms. The number of likely N-dealkylation sites (tertiary alicyclic amines) is 1. The summed E-state index contributed by atoms with van der Waals surface area (Å²) in [7, 11) is 0. The van der Waals surface area contributed by atoms with Gasteiger partial charge in [0.05, 0.1) is 11.6 Å². The van der Waals surface area contributed by atoms with Crippen LogP contribution in [0.15, 0.2) is 46.7 Å². The van der Waals surface area contributed by atoms with E-state index in [1.165, 1.54) is 18.2 Å². The molecule has 0 spiro atoms. The first-order valence-corrected chi connectivity index (χ1v) is 10.1. The van der Waals surface area contributed by atoms with E-state index in [1.807, 2.05) is 6.92 Å². The summed E-state index contributed by atoms with van der Waals surface area (Å²) >= 11 is 0. The Bertz CT molecular complexity index is 1100. The van der Waals surface area contributed by atoms with Crippen molar-refractivity contribution < 1.29 is 23.6 Å². The van der Waals surface area contributed by atoms with Gasteiger partial charge in [0, 0.05) is 23.4 Å². The Morgan fingerprint density at radius 3 is 2.87 bits per heavy atom. The maximum absolute atomic E-state index is 13.4. The molecule has 2 saturated heterocycles. The van der Waals surface area contributed by atoms with Gasteiger partial charge < -0.3 is 9.63 Å². The number of aromatic nitrogens is 1. The molecule has 7 nitrogen and oxygen atoms in total. The molecule has 1 aromatic heterocycles. The number of halogens is 1. The van der Waals surface area contributed by atoms with Gasteiger partial charge in [-0.3, -0.25) is 19.8 Å². The summed E-state index contributed by atoms with van der Waals surface area (Å²) in [5.74, 6) is -1.81. The Balaban J connectivity index is 1.37. The first-order valence-electron chi connectivity index (χ1n) is 10.1. The quantitative estimate of drug-likeness (QED) is 0.754. The molecular weight excluding hydrogens is 389 g/mol. The van der Waals surface area contributed by atoms with E-state index in [1.54, 1.807) is 18.2 Å². The molecule has 2 fully saturated rings. The highest BCUT2D eigenvalue weighted by atomic mass is 19.1. The van der Waals surface area contributed by atoms with Crippen LogP contribution in [0.25, 0.3) is 11.0 Å². The zero-order valence-corrected chi connectivity index (χ0v) is 16.5. The molecule has 3 unspecified atom stereocenters. The maximum atomic E-state index is 13.4. The second-order valence-electron chi connectivity index (χ2n) is 8.30. The lowest BCUT2D eigenvalue weighted by Gasteiger charge is -2.45. The van der Waals surface area contributed by atoms with Crippen LogP contribution in [0, 0.1) is 17.2 Å². The van der Waals surface area contributed by atoms with E-state index in [0.29, 0.717) is 18.7 Å². The average Bonchev–Trinajstić information content (AvgIpc) is 3.27. The zero-order valence-electron chi connectivity index (χ0n) is 16.5. The number of nitrogens with zero attached hydrogens (tertiary/aromatic N) is 2. The molecule has 2 aliphatic heterocycles. The van der Waals surface area contributed by atoms with Gasteiger partial charge in [0.15, 0.2) is 5.58 Å². The van der Waals surface area contributed by atoms with Crippen LogP contribution in [-0.2, 0) is 9.59 Å². The number of aliphatic hydroxyl groups is 1. The predicted octanol–water partition coefficient (Wildman–Crippen LogP) is 2.81. The minimum atomic E-state index is -1.29. The molecule has 3 aliphatic rings. The topological polar surface area (TPSA) is 95.7 Å². The van der Waals surface area contributed by atoms with Gasteiger partial charge in [-0.15, -0.1) is 0 Å². The third kappa shape index (κ3) is 2.56. The van der Waals surface area contributed by atoms with Crippen molar-refractivity contribution in [3.05, 3.63) is 53.7 Å². The molecule has 1 aromatic carbocycles. The summed E-state index contributed by atoms with van der Waals surface area (Å²) in [5, 5.41) is 18.1. The largest absolute Gasteiger partial charge is 0.511 e. The van der Waals surface area contributed by atoms with Crippen molar-refractivity contribution in [3.63, 3.8) is 0 Å². The van der Waals surface area contributed by atoms with Gasteiger partial charge in [0.2, 0.25) is 11.8 Å². The number of carbonyl (C=O) groups excluding carboxylic acids is 2. The number of imide groups is 1. The molecule has 156 valence electrons. The predicted molar refractivity (Wildman–Crippen MR) is 106 cm³/mol. The Morgan fingerprint density at radius 2 is 2.10 bits per heavy atom. The third-order valence-electron chi connectivity index (χ3n) is 6.95. The first kappa shape index (κ1) is 19.0. The Kier molecular flexibility index (Phi) is 4.28. The van der Waals surface area contributed by atoms with Gasteiger partial charge in [0.1, 0.15) is 17.0 Å². The van der Waals surface area contributed by atoms with Crippen LogP contribution in [-0.4, -0.2) is 46.1 Å². The lowest BCUT2D eigenvalue weighted by molar-refractivity contribution is -0.132. The van der Waals surface area contributed by atoms with Crippen molar-refractivity contribution in [2.24, 2.45) is 11.3 Å². The summed E-state index contributed by atoms with van der Waals surface area (Å²) in [4.78, 5) is 27.3. The van der Waals surface area contributed by atoms with Crippen LogP contribution in [0.5, 0.6) is 0 Å². The normalized spacial score (nSPS) is 28.5. The van der Waals surface area contributed by atoms with E-state index in [2.05, 4.69) is 15.4 Å². The number of amides is 2. The van der Waals surface area contributed by atoms with E-state index < -0.39 is 17.2 Å². The molecule has 8 heteroatoms. The van der Waals surface area contributed by atoms with Crippen molar-refractivity contribution >= 4 is 22.8 Å². The number of hydrogen-bond acceptors (Lipinski definition) is 6. The molecule has 2 N–H and O–H groups in total. The number of rotatable bonds is 3. The minimum Gasteiger partial charge on any atom is -0.511 e. The lowest BCUT2D eigenvalue weighted by atomic mass is 9.67. The second kappa shape index (κ2) is 6.77. The zero-order chi connectivity index (χ0) is 21.0. The second-order valence-corrected chi connectivity index (χ2v) is 8.30. The number of allylic oxidation sites excluding steroid dienone is 2. The van der Waals surface area contributed by atoms with Crippen LogP contribution in [0.3, 0.4) is 0 Å². The van der Waals surface area contributed by atoms with Crippen molar-refractivity contribution in [1.82, 2.24) is 15.4 Å². The summed E-state index contributed by atoms with van der Waals surface area (Å²) in [6.07, 6.45) is 6.36. The van der Waals surface area contributed by atoms with Gasteiger partial charge in [0.25, 0.3) is 0 Å². The number of nitrogens with one attached hydrogen (secondary N) is 1. The number of piperidine rings is 1. The molecule has 3 heterocycles. The summed E-state index contributed by atoms with van der Waals surface area (Å²) < 4.78 is 18.7. The third-order valence-corrected chi connectivity index (χ3v) is 6.95. The number of hydrogen-bond donors (Lipinski definition) is 2. The van der Waals surface area contributed by atoms with E-state index in [4.69, 9.17) is 4.52 Å². The standard InChI is InChI=1S/C22H22FN3O4/c1-12(22-16(3-2-4-18(22)27)20(28)24-21(22)29)26-9-7-13(8-10-26)19-15-6-5-14(23)11-17(15)30-25-19/h2-6,11-13,16,27H,7-10H2,1H3,(H,24,28,29). The maximum Gasteiger partial charge on any atom is 0.243 e. The molecular formula is C22H22FN3O4. The molecule has 2 amide bonds. The van der Waals surface area contributed by atoms with E-state index >= 15 is 0 Å². The lowest BCUT2D eigenvalue weighted by Crippen LogP contribution is -2.55. The Hall–Kier alpha value is -3.00. The SMILES string of the molecule is CC(N1CCC(c2noc3cc(F)ccc23)CC1)C12C(=O)NC(=O)C1C=CC=C2O. The van der Waals surface area contributed by atoms with Crippen molar-refractivity contribution in [1.29, 1.82) is 0 Å².